The lowest BCUT2D eigenvalue weighted by atomic mass is 10.1. The Bertz CT molecular complexity index is 588. The van der Waals surface area contributed by atoms with Gasteiger partial charge in [-0.1, -0.05) is 42.5 Å². The molecule has 22 heavy (non-hydrogen) atoms. The predicted octanol–water partition coefficient (Wildman–Crippen LogP) is 3.59. The molecule has 4 heteroatoms. The average Bonchev–Trinajstić information content (AvgIpc) is 2.57. The van der Waals surface area contributed by atoms with Crippen LogP contribution in [0.1, 0.15) is 30.2 Å². The van der Waals surface area contributed by atoms with E-state index in [-0.39, 0.29) is 24.3 Å². The summed E-state index contributed by atoms with van der Waals surface area (Å²) in [6.07, 6.45) is -0.534. The molecule has 1 aliphatic heterocycles. The lowest BCUT2D eigenvalue weighted by Gasteiger charge is -2.34. The van der Waals surface area contributed by atoms with Crippen LogP contribution >= 0.6 is 0 Å². The number of halogens is 1. The highest BCUT2D eigenvalue weighted by Gasteiger charge is 2.29. The van der Waals surface area contributed by atoms with Crippen LogP contribution in [0.3, 0.4) is 0 Å². The lowest BCUT2D eigenvalue weighted by Crippen LogP contribution is -2.43. The van der Waals surface area contributed by atoms with Gasteiger partial charge in [0.2, 0.25) is 0 Å². The molecule has 2 aromatic rings. The predicted molar refractivity (Wildman–Crippen MR) is 82.8 cm³/mol. The summed E-state index contributed by atoms with van der Waals surface area (Å²) in [5.41, 5.74) is 2.07. The number of hydrogen-bond donors (Lipinski definition) is 1. The SMILES string of the molecule is C[C@@H](O[C@H]1OCCN[C@H]1c1ccccc1)c1ccc(F)cc1. The van der Waals surface area contributed by atoms with E-state index in [4.69, 9.17) is 9.47 Å². The van der Waals surface area contributed by atoms with Crippen molar-refractivity contribution >= 4 is 0 Å². The maximum absolute atomic E-state index is 13.0. The molecule has 0 radical (unpaired) electrons. The Morgan fingerprint density at radius 3 is 2.59 bits per heavy atom. The van der Waals surface area contributed by atoms with Gasteiger partial charge in [0.1, 0.15) is 5.82 Å². The molecular formula is C18H20FNO2. The summed E-state index contributed by atoms with van der Waals surface area (Å²) in [5, 5.41) is 3.44. The molecule has 0 aliphatic carbocycles. The second-order valence-electron chi connectivity index (χ2n) is 5.41. The van der Waals surface area contributed by atoms with E-state index in [0.29, 0.717) is 6.61 Å². The largest absolute Gasteiger partial charge is 0.349 e. The summed E-state index contributed by atoms with van der Waals surface area (Å²) in [6.45, 7) is 3.36. The van der Waals surface area contributed by atoms with Crippen LogP contribution in [0.5, 0.6) is 0 Å². The van der Waals surface area contributed by atoms with Gasteiger partial charge in [0.15, 0.2) is 6.29 Å². The van der Waals surface area contributed by atoms with Gasteiger partial charge < -0.3 is 14.8 Å². The summed E-state index contributed by atoms with van der Waals surface area (Å²) >= 11 is 0. The highest BCUT2D eigenvalue weighted by atomic mass is 19.1. The van der Waals surface area contributed by atoms with E-state index in [0.717, 1.165) is 17.7 Å². The molecule has 1 fully saturated rings. The summed E-state index contributed by atoms with van der Waals surface area (Å²) in [5.74, 6) is -0.242. The quantitative estimate of drug-likeness (QED) is 0.936. The van der Waals surface area contributed by atoms with E-state index in [2.05, 4.69) is 17.4 Å². The first-order chi connectivity index (χ1) is 10.7. The van der Waals surface area contributed by atoms with Gasteiger partial charge in [-0.3, -0.25) is 0 Å². The first-order valence-electron chi connectivity index (χ1n) is 7.55. The number of benzene rings is 2. The molecule has 1 heterocycles. The first kappa shape index (κ1) is 15.2. The van der Waals surface area contributed by atoms with Gasteiger partial charge in [-0.15, -0.1) is 0 Å². The Kier molecular flexibility index (Phi) is 4.83. The minimum Gasteiger partial charge on any atom is -0.349 e. The van der Waals surface area contributed by atoms with Crippen molar-refractivity contribution in [3.63, 3.8) is 0 Å². The van der Waals surface area contributed by atoms with Gasteiger partial charge in [0.25, 0.3) is 0 Å². The van der Waals surface area contributed by atoms with Crippen molar-refractivity contribution < 1.29 is 13.9 Å². The van der Waals surface area contributed by atoms with Crippen LogP contribution in [-0.2, 0) is 9.47 Å². The molecule has 1 aliphatic rings. The lowest BCUT2D eigenvalue weighted by molar-refractivity contribution is -0.200. The molecule has 2 aromatic carbocycles. The van der Waals surface area contributed by atoms with Gasteiger partial charge in [-0.05, 0) is 30.2 Å². The molecule has 116 valence electrons. The number of ether oxygens (including phenoxy) is 2. The molecule has 3 nitrogen and oxygen atoms in total. The molecule has 0 amide bonds. The zero-order valence-electron chi connectivity index (χ0n) is 12.5. The summed E-state index contributed by atoms with van der Waals surface area (Å²) in [6, 6.07) is 16.5. The highest BCUT2D eigenvalue weighted by molar-refractivity contribution is 5.21. The van der Waals surface area contributed by atoms with Crippen molar-refractivity contribution in [3.05, 3.63) is 71.5 Å². The Labute approximate surface area is 130 Å². The third-order valence-electron chi connectivity index (χ3n) is 3.86. The average molecular weight is 301 g/mol. The normalized spacial score (nSPS) is 23.2. The van der Waals surface area contributed by atoms with E-state index in [1.165, 1.54) is 12.1 Å². The van der Waals surface area contributed by atoms with Gasteiger partial charge in [-0.25, -0.2) is 4.39 Å². The zero-order chi connectivity index (χ0) is 15.4. The Morgan fingerprint density at radius 1 is 1.14 bits per heavy atom. The smallest absolute Gasteiger partial charge is 0.177 e. The van der Waals surface area contributed by atoms with Crippen LogP contribution in [0, 0.1) is 5.82 Å². The molecule has 1 N–H and O–H groups in total. The van der Waals surface area contributed by atoms with E-state index in [1.54, 1.807) is 12.1 Å². The van der Waals surface area contributed by atoms with Crippen molar-refractivity contribution in [2.24, 2.45) is 0 Å². The molecular weight excluding hydrogens is 281 g/mol. The van der Waals surface area contributed by atoms with Crippen LogP contribution in [0.15, 0.2) is 54.6 Å². The van der Waals surface area contributed by atoms with Crippen LogP contribution in [0.25, 0.3) is 0 Å². The Balaban J connectivity index is 1.72. The standard InChI is InChI=1S/C18H20FNO2/c1-13(14-7-9-16(19)10-8-14)22-18-17(20-11-12-21-18)15-5-3-2-4-6-15/h2-10,13,17-18,20H,11-12H2,1H3/t13-,17+,18-/m1/s1. The fourth-order valence-corrected chi connectivity index (χ4v) is 2.65. The molecule has 0 unspecified atom stereocenters. The van der Waals surface area contributed by atoms with Crippen LogP contribution < -0.4 is 5.32 Å². The summed E-state index contributed by atoms with van der Waals surface area (Å²) in [7, 11) is 0. The monoisotopic (exact) mass is 301 g/mol. The fourth-order valence-electron chi connectivity index (χ4n) is 2.65. The third kappa shape index (κ3) is 3.53. The Hall–Kier alpha value is -1.75. The van der Waals surface area contributed by atoms with Gasteiger partial charge >= 0.3 is 0 Å². The zero-order valence-corrected chi connectivity index (χ0v) is 12.5. The van der Waals surface area contributed by atoms with Crippen molar-refractivity contribution in [2.45, 2.75) is 25.4 Å². The molecule has 3 atom stereocenters. The maximum Gasteiger partial charge on any atom is 0.177 e. The van der Waals surface area contributed by atoms with Crippen LogP contribution in [-0.4, -0.2) is 19.4 Å². The third-order valence-corrected chi connectivity index (χ3v) is 3.86. The van der Waals surface area contributed by atoms with E-state index in [1.807, 2.05) is 25.1 Å². The number of hydrogen-bond acceptors (Lipinski definition) is 3. The van der Waals surface area contributed by atoms with Crippen molar-refractivity contribution in [1.82, 2.24) is 5.32 Å². The fraction of sp³-hybridized carbons (Fsp3) is 0.333. The maximum atomic E-state index is 13.0. The second-order valence-corrected chi connectivity index (χ2v) is 5.41. The molecule has 3 rings (SSSR count). The van der Waals surface area contributed by atoms with Gasteiger partial charge in [0, 0.05) is 6.54 Å². The number of nitrogens with one attached hydrogen (secondary N) is 1. The molecule has 0 bridgehead atoms. The second kappa shape index (κ2) is 7.01. The molecule has 0 spiro atoms. The van der Waals surface area contributed by atoms with E-state index >= 15 is 0 Å². The molecule has 1 saturated heterocycles. The topological polar surface area (TPSA) is 30.5 Å². The van der Waals surface area contributed by atoms with Gasteiger partial charge in [0.05, 0.1) is 18.8 Å². The minimum atomic E-state index is -0.365. The van der Waals surface area contributed by atoms with Crippen LogP contribution in [0.2, 0.25) is 0 Å². The van der Waals surface area contributed by atoms with Crippen molar-refractivity contribution in [3.8, 4) is 0 Å². The molecule has 0 saturated carbocycles. The van der Waals surface area contributed by atoms with E-state index < -0.39 is 0 Å². The number of rotatable bonds is 4. The van der Waals surface area contributed by atoms with Crippen molar-refractivity contribution in [1.29, 1.82) is 0 Å². The number of morpholine rings is 1. The molecule has 0 aromatic heterocycles. The Morgan fingerprint density at radius 2 is 1.86 bits per heavy atom. The minimum absolute atomic E-state index is 0.00199. The summed E-state index contributed by atoms with van der Waals surface area (Å²) in [4.78, 5) is 0. The van der Waals surface area contributed by atoms with Gasteiger partial charge in [-0.2, -0.15) is 0 Å². The van der Waals surface area contributed by atoms with Crippen LogP contribution in [0.4, 0.5) is 4.39 Å². The summed E-state index contributed by atoms with van der Waals surface area (Å²) < 4.78 is 24.9. The van der Waals surface area contributed by atoms with Crippen molar-refractivity contribution in [2.75, 3.05) is 13.2 Å². The van der Waals surface area contributed by atoms with E-state index in [9.17, 15) is 4.39 Å². The first-order valence-corrected chi connectivity index (χ1v) is 7.55. The highest BCUT2D eigenvalue weighted by Crippen LogP contribution is 2.28.